The summed E-state index contributed by atoms with van der Waals surface area (Å²) in [6.45, 7) is 3.96. The highest BCUT2D eigenvalue weighted by Crippen LogP contribution is 2.07. The van der Waals surface area contributed by atoms with Gasteiger partial charge in [0.05, 0.1) is 12.4 Å². The van der Waals surface area contributed by atoms with Crippen LogP contribution in [0, 0.1) is 0 Å². The zero-order valence-electron chi connectivity index (χ0n) is 11.5. The standard InChI is InChI=1S/C13H22N2O3S/c1-3-18-9-8-15-19(16,17)11-13-6-4-12(5-7-13)10-14-2/h4-7,14-15H,3,8-11H2,1-2H3. The largest absolute Gasteiger partial charge is 0.380 e. The molecular weight excluding hydrogens is 264 g/mol. The fraction of sp³-hybridized carbons (Fsp3) is 0.538. The van der Waals surface area contributed by atoms with Crippen LogP contribution in [-0.2, 0) is 27.1 Å². The molecule has 1 aromatic carbocycles. The van der Waals surface area contributed by atoms with E-state index in [1.807, 2.05) is 38.2 Å². The molecule has 0 amide bonds. The van der Waals surface area contributed by atoms with Crippen LogP contribution in [0.5, 0.6) is 0 Å². The Balaban J connectivity index is 2.48. The first kappa shape index (κ1) is 16.1. The van der Waals surface area contributed by atoms with Crippen LogP contribution >= 0.6 is 0 Å². The van der Waals surface area contributed by atoms with E-state index in [9.17, 15) is 8.42 Å². The lowest BCUT2D eigenvalue weighted by molar-refractivity contribution is 0.153. The third-order valence-electron chi connectivity index (χ3n) is 2.53. The van der Waals surface area contributed by atoms with E-state index in [4.69, 9.17) is 4.74 Å². The van der Waals surface area contributed by atoms with Crippen molar-refractivity contribution >= 4 is 10.0 Å². The van der Waals surface area contributed by atoms with Gasteiger partial charge in [-0.1, -0.05) is 24.3 Å². The molecular formula is C13H22N2O3S. The van der Waals surface area contributed by atoms with Crippen molar-refractivity contribution in [2.75, 3.05) is 26.8 Å². The van der Waals surface area contributed by atoms with E-state index in [1.165, 1.54) is 0 Å². The first-order valence-electron chi connectivity index (χ1n) is 6.35. The molecule has 2 N–H and O–H groups in total. The van der Waals surface area contributed by atoms with Gasteiger partial charge in [0, 0.05) is 19.7 Å². The summed E-state index contributed by atoms with van der Waals surface area (Å²) in [6.07, 6.45) is 0. The summed E-state index contributed by atoms with van der Waals surface area (Å²) in [7, 11) is -1.41. The van der Waals surface area contributed by atoms with Crippen molar-refractivity contribution in [2.45, 2.75) is 19.2 Å². The van der Waals surface area contributed by atoms with Gasteiger partial charge in [-0.15, -0.1) is 0 Å². The van der Waals surface area contributed by atoms with Crippen LogP contribution in [0.25, 0.3) is 0 Å². The van der Waals surface area contributed by atoms with E-state index >= 15 is 0 Å². The number of hydrogen-bond donors (Lipinski definition) is 2. The molecule has 0 atom stereocenters. The predicted octanol–water partition coefficient (Wildman–Crippen LogP) is 0.862. The van der Waals surface area contributed by atoms with E-state index in [1.54, 1.807) is 0 Å². The minimum Gasteiger partial charge on any atom is -0.380 e. The van der Waals surface area contributed by atoms with Crippen LogP contribution in [-0.4, -0.2) is 35.2 Å². The van der Waals surface area contributed by atoms with E-state index in [0.717, 1.165) is 17.7 Å². The molecule has 0 fully saturated rings. The zero-order chi connectivity index (χ0) is 14.1. The van der Waals surface area contributed by atoms with Crippen molar-refractivity contribution in [3.63, 3.8) is 0 Å². The highest BCUT2D eigenvalue weighted by Gasteiger charge is 2.10. The number of nitrogens with one attached hydrogen (secondary N) is 2. The van der Waals surface area contributed by atoms with Crippen molar-refractivity contribution in [3.05, 3.63) is 35.4 Å². The van der Waals surface area contributed by atoms with Gasteiger partial charge >= 0.3 is 0 Å². The van der Waals surface area contributed by atoms with E-state index in [2.05, 4.69) is 10.0 Å². The number of benzene rings is 1. The summed E-state index contributed by atoms with van der Waals surface area (Å²) in [5.41, 5.74) is 1.91. The molecule has 0 heterocycles. The fourth-order valence-electron chi connectivity index (χ4n) is 1.64. The summed E-state index contributed by atoms with van der Waals surface area (Å²) < 4.78 is 31.2. The van der Waals surface area contributed by atoms with Gasteiger partial charge in [-0.25, -0.2) is 13.1 Å². The number of ether oxygens (including phenoxy) is 1. The van der Waals surface area contributed by atoms with Crippen molar-refractivity contribution in [2.24, 2.45) is 0 Å². The van der Waals surface area contributed by atoms with Gasteiger partial charge in [-0.2, -0.15) is 0 Å². The highest BCUT2D eigenvalue weighted by atomic mass is 32.2. The number of hydrogen-bond acceptors (Lipinski definition) is 4. The molecule has 5 nitrogen and oxygen atoms in total. The Labute approximate surface area is 115 Å². The second-order valence-electron chi connectivity index (χ2n) is 4.20. The molecule has 0 aliphatic rings. The molecule has 0 bridgehead atoms. The summed E-state index contributed by atoms with van der Waals surface area (Å²) >= 11 is 0. The molecule has 0 aliphatic carbocycles. The molecule has 0 aromatic heterocycles. The average molecular weight is 286 g/mol. The van der Waals surface area contributed by atoms with Crippen molar-refractivity contribution < 1.29 is 13.2 Å². The van der Waals surface area contributed by atoms with Gasteiger partial charge in [0.15, 0.2) is 0 Å². The lowest BCUT2D eigenvalue weighted by Crippen LogP contribution is -2.28. The first-order valence-corrected chi connectivity index (χ1v) is 8.00. The third-order valence-corrected chi connectivity index (χ3v) is 3.89. The maximum atomic E-state index is 11.8. The first-order chi connectivity index (χ1) is 9.07. The molecule has 6 heteroatoms. The Hall–Kier alpha value is -0.950. The lowest BCUT2D eigenvalue weighted by Gasteiger charge is -2.07. The van der Waals surface area contributed by atoms with E-state index < -0.39 is 10.0 Å². The molecule has 0 radical (unpaired) electrons. The van der Waals surface area contributed by atoms with Gasteiger partial charge < -0.3 is 10.1 Å². The van der Waals surface area contributed by atoms with Crippen LogP contribution in [0.2, 0.25) is 0 Å². The molecule has 0 saturated heterocycles. The Morgan fingerprint density at radius 2 is 1.79 bits per heavy atom. The molecule has 19 heavy (non-hydrogen) atoms. The van der Waals surface area contributed by atoms with Crippen LogP contribution in [0.1, 0.15) is 18.1 Å². The zero-order valence-corrected chi connectivity index (χ0v) is 12.3. The number of rotatable bonds is 9. The minimum absolute atomic E-state index is 0.00103. The van der Waals surface area contributed by atoms with Crippen LogP contribution in [0.15, 0.2) is 24.3 Å². The fourth-order valence-corrected chi connectivity index (χ4v) is 2.77. The SMILES string of the molecule is CCOCCNS(=O)(=O)Cc1ccc(CNC)cc1. The van der Waals surface area contributed by atoms with Crippen LogP contribution < -0.4 is 10.0 Å². The Bertz CT molecular complexity index is 457. The monoisotopic (exact) mass is 286 g/mol. The second kappa shape index (κ2) is 8.27. The van der Waals surface area contributed by atoms with Crippen LogP contribution in [0.3, 0.4) is 0 Å². The van der Waals surface area contributed by atoms with Gasteiger partial charge in [0.2, 0.25) is 10.0 Å². The summed E-state index contributed by atoms with van der Waals surface area (Å²) in [5, 5.41) is 3.05. The van der Waals surface area contributed by atoms with Crippen molar-refractivity contribution in [1.82, 2.24) is 10.0 Å². The molecule has 1 rings (SSSR count). The average Bonchev–Trinajstić information content (AvgIpc) is 2.37. The van der Waals surface area contributed by atoms with E-state index in [0.29, 0.717) is 19.8 Å². The maximum absolute atomic E-state index is 11.8. The van der Waals surface area contributed by atoms with E-state index in [-0.39, 0.29) is 5.75 Å². The molecule has 0 spiro atoms. The van der Waals surface area contributed by atoms with Crippen molar-refractivity contribution in [1.29, 1.82) is 0 Å². The normalized spacial score (nSPS) is 11.7. The summed E-state index contributed by atoms with van der Waals surface area (Å²) in [4.78, 5) is 0. The second-order valence-corrected chi connectivity index (χ2v) is 6.00. The van der Waals surface area contributed by atoms with Crippen LogP contribution in [0.4, 0.5) is 0 Å². The van der Waals surface area contributed by atoms with Gasteiger partial charge in [0.25, 0.3) is 0 Å². The molecule has 0 unspecified atom stereocenters. The lowest BCUT2D eigenvalue weighted by atomic mass is 10.1. The molecule has 108 valence electrons. The quantitative estimate of drug-likeness (QED) is 0.661. The Kier molecular flexibility index (Phi) is 7.01. The number of sulfonamides is 1. The van der Waals surface area contributed by atoms with Gasteiger partial charge in [-0.3, -0.25) is 0 Å². The molecule has 1 aromatic rings. The van der Waals surface area contributed by atoms with Gasteiger partial charge in [0.1, 0.15) is 0 Å². The molecule has 0 saturated carbocycles. The summed E-state index contributed by atoms with van der Waals surface area (Å²) in [5.74, 6) is -0.00103. The topological polar surface area (TPSA) is 67.4 Å². The Morgan fingerprint density at radius 3 is 2.37 bits per heavy atom. The highest BCUT2D eigenvalue weighted by molar-refractivity contribution is 7.88. The minimum atomic E-state index is -3.29. The third kappa shape index (κ3) is 6.68. The summed E-state index contributed by atoms with van der Waals surface area (Å²) in [6, 6.07) is 7.55. The smallest absolute Gasteiger partial charge is 0.215 e. The van der Waals surface area contributed by atoms with Gasteiger partial charge in [-0.05, 0) is 25.1 Å². The molecule has 0 aliphatic heterocycles. The Morgan fingerprint density at radius 1 is 1.16 bits per heavy atom. The van der Waals surface area contributed by atoms with Crippen molar-refractivity contribution in [3.8, 4) is 0 Å². The predicted molar refractivity (Wildman–Crippen MR) is 76.3 cm³/mol. The maximum Gasteiger partial charge on any atom is 0.215 e.